The van der Waals surface area contributed by atoms with Crippen molar-refractivity contribution in [3.8, 4) is 5.75 Å². The van der Waals surface area contributed by atoms with Crippen molar-refractivity contribution in [3.05, 3.63) is 63.1 Å². The molecule has 8 nitrogen and oxygen atoms in total. The number of rotatable bonds is 3. The van der Waals surface area contributed by atoms with Crippen LogP contribution in [0.5, 0.6) is 5.75 Å². The van der Waals surface area contributed by atoms with Crippen LogP contribution in [0.4, 0.5) is 8.78 Å². The Hall–Kier alpha value is -3.43. The maximum Gasteiger partial charge on any atom is 0.277 e. The lowest BCUT2D eigenvalue weighted by Gasteiger charge is -2.49. The fourth-order valence-corrected chi connectivity index (χ4v) is 4.13. The summed E-state index contributed by atoms with van der Waals surface area (Å²) in [5.41, 5.74) is -1.52. The summed E-state index contributed by atoms with van der Waals surface area (Å²) in [4.78, 5) is 39.6. The molecule has 1 aromatic carbocycles. The first kappa shape index (κ1) is 20.8. The van der Waals surface area contributed by atoms with Gasteiger partial charge >= 0.3 is 0 Å². The lowest BCUT2D eigenvalue weighted by atomic mass is 9.97. The molecule has 0 saturated carbocycles. The summed E-state index contributed by atoms with van der Waals surface area (Å²) in [6.07, 6.45) is 2.60. The summed E-state index contributed by atoms with van der Waals surface area (Å²) in [7, 11) is 1.61. The van der Waals surface area contributed by atoms with Gasteiger partial charge in [-0.3, -0.25) is 24.1 Å². The maximum absolute atomic E-state index is 13.8. The Morgan fingerprint density at radius 1 is 1.26 bits per heavy atom. The SMILES string of the molecule is C[C@H]1CC[C@H]2N(C)C(=O)c3c(O)c(=O)c(C(=O)NCc4ccc(F)cc4F)cn3N2C1. The second-order valence-electron chi connectivity index (χ2n) is 8.03. The molecule has 2 aliphatic heterocycles. The molecule has 1 fully saturated rings. The summed E-state index contributed by atoms with van der Waals surface area (Å²) in [5, 5.41) is 14.7. The van der Waals surface area contributed by atoms with E-state index < -0.39 is 34.6 Å². The molecule has 0 spiro atoms. The Morgan fingerprint density at radius 2 is 2.00 bits per heavy atom. The number of carbonyl (C=O) groups excluding carboxylic acids is 2. The molecule has 1 aromatic heterocycles. The molecule has 10 heteroatoms. The van der Waals surface area contributed by atoms with E-state index in [0.717, 1.165) is 12.5 Å². The fourth-order valence-electron chi connectivity index (χ4n) is 4.13. The van der Waals surface area contributed by atoms with E-state index in [-0.39, 0.29) is 29.5 Å². The quantitative estimate of drug-likeness (QED) is 0.768. The molecule has 0 bridgehead atoms. The van der Waals surface area contributed by atoms with E-state index >= 15 is 0 Å². The van der Waals surface area contributed by atoms with Crippen molar-refractivity contribution in [3.63, 3.8) is 0 Å². The molecule has 3 heterocycles. The van der Waals surface area contributed by atoms with Crippen molar-refractivity contribution in [1.29, 1.82) is 0 Å². The number of fused-ring (bicyclic) bond motifs is 3. The maximum atomic E-state index is 13.8. The number of hydrogen-bond donors (Lipinski definition) is 2. The van der Waals surface area contributed by atoms with E-state index in [4.69, 9.17) is 0 Å². The molecule has 2 aromatic rings. The van der Waals surface area contributed by atoms with Crippen LogP contribution in [-0.4, -0.2) is 46.3 Å². The van der Waals surface area contributed by atoms with Crippen LogP contribution in [0.25, 0.3) is 0 Å². The Morgan fingerprint density at radius 3 is 2.71 bits per heavy atom. The number of benzene rings is 1. The molecule has 0 aliphatic carbocycles. The van der Waals surface area contributed by atoms with Crippen molar-refractivity contribution in [2.45, 2.75) is 32.5 Å². The summed E-state index contributed by atoms with van der Waals surface area (Å²) in [6, 6.07) is 2.95. The minimum Gasteiger partial charge on any atom is -0.502 e. The van der Waals surface area contributed by atoms with Gasteiger partial charge in [-0.05, 0) is 24.8 Å². The predicted molar refractivity (Wildman–Crippen MR) is 107 cm³/mol. The highest BCUT2D eigenvalue weighted by Crippen LogP contribution is 2.30. The first-order valence-corrected chi connectivity index (χ1v) is 9.94. The molecule has 164 valence electrons. The van der Waals surface area contributed by atoms with Crippen molar-refractivity contribution >= 4 is 11.8 Å². The van der Waals surface area contributed by atoms with Gasteiger partial charge in [0.1, 0.15) is 23.4 Å². The van der Waals surface area contributed by atoms with E-state index in [9.17, 15) is 28.3 Å². The topological polar surface area (TPSA) is 94.9 Å². The molecule has 0 radical (unpaired) electrons. The summed E-state index contributed by atoms with van der Waals surface area (Å²) < 4.78 is 28.3. The number of amides is 2. The lowest BCUT2D eigenvalue weighted by molar-refractivity contribution is 0.0566. The van der Waals surface area contributed by atoms with Crippen molar-refractivity contribution in [1.82, 2.24) is 14.9 Å². The van der Waals surface area contributed by atoms with Crippen LogP contribution < -0.4 is 15.8 Å². The minimum absolute atomic E-state index is 0.0405. The van der Waals surface area contributed by atoms with Gasteiger partial charge in [-0.1, -0.05) is 13.0 Å². The number of piperidine rings is 1. The number of pyridine rings is 1. The summed E-state index contributed by atoms with van der Waals surface area (Å²) in [5.74, 6) is -3.42. The van der Waals surface area contributed by atoms with Crippen LogP contribution in [0, 0.1) is 17.6 Å². The van der Waals surface area contributed by atoms with Gasteiger partial charge in [0.2, 0.25) is 5.43 Å². The third kappa shape index (κ3) is 3.51. The molecule has 31 heavy (non-hydrogen) atoms. The molecule has 2 amide bonds. The van der Waals surface area contributed by atoms with Gasteiger partial charge < -0.3 is 15.3 Å². The summed E-state index contributed by atoms with van der Waals surface area (Å²) in [6.45, 7) is 2.34. The molecule has 4 rings (SSSR count). The highest BCUT2D eigenvalue weighted by Gasteiger charge is 2.41. The zero-order valence-corrected chi connectivity index (χ0v) is 17.1. The average molecular weight is 432 g/mol. The third-order valence-electron chi connectivity index (χ3n) is 5.87. The minimum atomic E-state index is -0.992. The second kappa shape index (κ2) is 7.68. The molecule has 1 saturated heterocycles. The highest BCUT2D eigenvalue weighted by atomic mass is 19.1. The fraction of sp³-hybridized carbons (Fsp3) is 0.381. The zero-order valence-electron chi connectivity index (χ0n) is 17.1. The first-order chi connectivity index (χ1) is 14.7. The van der Waals surface area contributed by atoms with E-state index in [2.05, 4.69) is 12.2 Å². The van der Waals surface area contributed by atoms with E-state index in [1.807, 2.05) is 5.01 Å². The number of hydrogen-bond acceptors (Lipinski definition) is 5. The highest BCUT2D eigenvalue weighted by molar-refractivity contribution is 5.99. The van der Waals surface area contributed by atoms with Gasteiger partial charge in [-0.2, -0.15) is 0 Å². The van der Waals surface area contributed by atoms with Gasteiger partial charge in [-0.15, -0.1) is 0 Å². The van der Waals surface area contributed by atoms with Crippen LogP contribution in [0.2, 0.25) is 0 Å². The number of carbonyl (C=O) groups is 2. The second-order valence-corrected chi connectivity index (χ2v) is 8.03. The monoisotopic (exact) mass is 432 g/mol. The summed E-state index contributed by atoms with van der Waals surface area (Å²) >= 11 is 0. The smallest absolute Gasteiger partial charge is 0.277 e. The number of aromatic hydroxyl groups is 1. The number of nitrogens with zero attached hydrogens (tertiary/aromatic N) is 3. The van der Waals surface area contributed by atoms with Crippen LogP contribution in [0.3, 0.4) is 0 Å². The van der Waals surface area contributed by atoms with Crippen molar-refractivity contribution in [2.24, 2.45) is 5.92 Å². The number of halogens is 2. The number of nitrogens with one attached hydrogen (secondary N) is 1. The third-order valence-corrected chi connectivity index (χ3v) is 5.87. The Kier molecular flexibility index (Phi) is 5.16. The molecular weight excluding hydrogens is 410 g/mol. The number of aromatic nitrogens is 1. The van der Waals surface area contributed by atoms with E-state index in [1.165, 1.54) is 21.8 Å². The standard InChI is InChI=1S/C21H22F2N4O4/c1-11-3-6-16-25(2)21(31)17-19(29)18(28)14(10-27(17)26(16)9-11)20(30)24-8-12-4-5-13(22)7-15(12)23/h4-5,7,10-11,16,29H,3,6,8-9H2,1-2H3,(H,24,30)/t11-,16-/m0/s1. The Balaban J connectivity index is 1.69. The molecule has 2 atom stereocenters. The molecular formula is C21H22F2N4O4. The van der Waals surface area contributed by atoms with Gasteiger partial charge in [0.15, 0.2) is 11.4 Å². The predicted octanol–water partition coefficient (Wildman–Crippen LogP) is 1.54. The molecule has 2 aliphatic rings. The first-order valence-electron chi connectivity index (χ1n) is 9.94. The van der Waals surface area contributed by atoms with Gasteiger partial charge in [-0.25, -0.2) is 8.78 Å². The van der Waals surface area contributed by atoms with Gasteiger partial charge in [0, 0.05) is 38.0 Å². The molecule has 2 N–H and O–H groups in total. The molecule has 0 unspecified atom stereocenters. The zero-order chi connectivity index (χ0) is 22.4. The Bertz CT molecular complexity index is 1130. The van der Waals surface area contributed by atoms with E-state index in [1.54, 1.807) is 7.05 Å². The van der Waals surface area contributed by atoms with Crippen LogP contribution in [0.1, 0.15) is 46.2 Å². The van der Waals surface area contributed by atoms with Crippen LogP contribution in [0.15, 0.2) is 29.2 Å². The average Bonchev–Trinajstić information content (AvgIpc) is 2.73. The lowest BCUT2D eigenvalue weighted by Crippen LogP contribution is -2.63. The van der Waals surface area contributed by atoms with Crippen molar-refractivity contribution in [2.75, 3.05) is 18.6 Å². The van der Waals surface area contributed by atoms with Gasteiger partial charge in [0.05, 0.1) is 0 Å². The van der Waals surface area contributed by atoms with Crippen LogP contribution >= 0.6 is 0 Å². The van der Waals surface area contributed by atoms with Crippen molar-refractivity contribution < 1.29 is 23.5 Å². The normalized spacial score (nSPS) is 20.3. The Labute approximate surface area is 176 Å². The largest absolute Gasteiger partial charge is 0.502 e. The van der Waals surface area contributed by atoms with Crippen LogP contribution in [-0.2, 0) is 6.54 Å². The van der Waals surface area contributed by atoms with E-state index in [0.29, 0.717) is 24.9 Å². The van der Waals surface area contributed by atoms with Gasteiger partial charge in [0.25, 0.3) is 11.8 Å².